The summed E-state index contributed by atoms with van der Waals surface area (Å²) in [6, 6.07) is 32.2. The number of carbonyl (C=O) groups is 2. The molecule has 6 aromatic rings. The number of fused-ring (bicyclic) bond motifs is 2. The lowest BCUT2D eigenvalue weighted by Gasteiger charge is -2.21. The molecule has 1 aliphatic carbocycles. The summed E-state index contributed by atoms with van der Waals surface area (Å²) in [7, 11) is 0. The second-order valence-corrected chi connectivity index (χ2v) is 11.9. The minimum Gasteiger partial charge on any atom is -0.293 e. The Kier molecular flexibility index (Phi) is 5.66. The average molecular weight is 546 g/mol. The molecule has 0 saturated heterocycles. The number of thiophene rings is 3. The summed E-state index contributed by atoms with van der Waals surface area (Å²) in [5.41, 5.74) is 3.03. The number of hydrogen-bond donors (Lipinski definition) is 0. The Hall–Kier alpha value is -4.10. The molecule has 182 valence electrons. The van der Waals surface area contributed by atoms with Gasteiger partial charge >= 0.3 is 0 Å². The number of allylic oxidation sites excluding steroid dienone is 1. The van der Waals surface area contributed by atoms with Crippen molar-refractivity contribution >= 4 is 78.1 Å². The van der Waals surface area contributed by atoms with E-state index < -0.39 is 0 Å². The number of hydrogen-bond acceptors (Lipinski definition) is 6. The molecule has 3 aromatic carbocycles. The first-order valence-electron chi connectivity index (χ1n) is 12.1. The summed E-state index contributed by atoms with van der Waals surface area (Å²) < 4.78 is 0. The van der Waals surface area contributed by atoms with E-state index in [1.807, 2.05) is 60.7 Å². The van der Waals surface area contributed by atoms with E-state index in [-0.39, 0.29) is 17.1 Å². The highest BCUT2D eigenvalue weighted by Crippen LogP contribution is 2.44. The maximum absolute atomic E-state index is 13.2. The van der Waals surface area contributed by atoms with Crippen LogP contribution in [0.2, 0.25) is 0 Å². The van der Waals surface area contributed by atoms with Gasteiger partial charge in [-0.3, -0.25) is 14.5 Å². The third-order valence-electron chi connectivity index (χ3n) is 6.63. The van der Waals surface area contributed by atoms with Crippen molar-refractivity contribution in [2.24, 2.45) is 0 Å². The third kappa shape index (κ3) is 3.94. The molecule has 0 bridgehead atoms. The van der Waals surface area contributed by atoms with Crippen molar-refractivity contribution < 1.29 is 9.59 Å². The van der Waals surface area contributed by atoms with E-state index in [1.165, 1.54) is 9.75 Å². The summed E-state index contributed by atoms with van der Waals surface area (Å²) in [5, 5.41) is 8.35. The molecule has 0 saturated carbocycles. The number of ketones is 2. The summed E-state index contributed by atoms with van der Waals surface area (Å²) in [4.78, 5) is 31.1. The minimum atomic E-state index is -0.209. The molecule has 38 heavy (non-hydrogen) atoms. The van der Waals surface area contributed by atoms with Gasteiger partial charge in [0.15, 0.2) is 11.6 Å². The van der Waals surface area contributed by atoms with Gasteiger partial charge in [0.2, 0.25) is 0 Å². The highest BCUT2D eigenvalue weighted by Gasteiger charge is 2.33. The summed E-state index contributed by atoms with van der Waals surface area (Å²) in [5.74, 6) is -0.417. The van der Waals surface area contributed by atoms with Gasteiger partial charge in [0.25, 0.3) is 0 Å². The fraction of sp³-hybridized carbons (Fsp3) is 0. The van der Waals surface area contributed by atoms with Crippen LogP contribution < -0.4 is 4.90 Å². The van der Waals surface area contributed by atoms with Crippen LogP contribution in [-0.2, 0) is 0 Å². The van der Waals surface area contributed by atoms with Gasteiger partial charge in [0.05, 0.1) is 5.57 Å². The Morgan fingerprint density at radius 3 is 1.92 bits per heavy atom. The molecular formula is C32H19NO2S3. The summed E-state index contributed by atoms with van der Waals surface area (Å²) in [6.07, 6.45) is 1.72. The lowest BCUT2D eigenvalue weighted by Crippen LogP contribution is -2.06. The highest BCUT2D eigenvalue weighted by molar-refractivity contribution is 7.24. The van der Waals surface area contributed by atoms with Crippen LogP contribution in [0.1, 0.15) is 26.3 Å². The molecule has 3 aromatic heterocycles. The fourth-order valence-corrected chi connectivity index (χ4v) is 7.48. The van der Waals surface area contributed by atoms with E-state index >= 15 is 0 Å². The van der Waals surface area contributed by atoms with Gasteiger partial charge in [-0.1, -0.05) is 42.5 Å². The first-order valence-corrected chi connectivity index (χ1v) is 14.6. The van der Waals surface area contributed by atoms with Crippen LogP contribution in [0.3, 0.4) is 0 Å². The Labute approximate surface area is 231 Å². The van der Waals surface area contributed by atoms with Crippen molar-refractivity contribution in [3.05, 3.63) is 130 Å². The largest absolute Gasteiger partial charge is 0.293 e. The van der Waals surface area contributed by atoms with Crippen LogP contribution in [0.25, 0.3) is 26.6 Å². The lowest BCUT2D eigenvalue weighted by atomic mass is 10.0. The van der Waals surface area contributed by atoms with Crippen LogP contribution in [0.4, 0.5) is 15.7 Å². The molecule has 0 unspecified atom stereocenters. The molecule has 0 amide bonds. The van der Waals surface area contributed by atoms with Crippen molar-refractivity contribution in [2.75, 3.05) is 4.90 Å². The maximum Gasteiger partial charge on any atom is 0.197 e. The van der Waals surface area contributed by atoms with Crippen LogP contribution in [0, 0.1) is 0 Å². The molecule has 3 heterocycles. The van der Waals surface area contributed by atoms with Crippen LogP contribution >= 0.6 is 34.0 Å². The smallest absolute Gasteiger partial charge is 0.197 e. The molecule has 0 radical (unpaired) electrons. The van der Waals surface area contributed by atoms with Crippen LogP contribution in [0.5, 0.6) is 0 Å². The van der Waals surface area contributed by atoms with Gasteiger partial charge < -0.3 is 0 Å². The molecule has 0 atom stereocenters. The predicted molar refractivity (Wildman–Crippen MR) is 161 cm³/mol. The minimum absolute atomic E-state index is 0.209. The summed E-state index contributed by atoms with van der Waals surface area (Å²) >= 11 is 5.18. The first kappa shape index (κ1) is 23.0. The SMILES string of the molecule is O=C1C(=Cc2ccc(N(c3cccs3)c3ccc(-c4cccs4)s3)cc2)C(=O)c2cc3ccccc3cc21. The van der Waals surface area contributed by atoms with E-state index in [4.69, 9.17) is 0 Å². The third-order valence-corrected chi connectivity index (χ3v) is 9.62. The molecule has 3 nitrogen and oxygen atoms in total. The monoisotopic (exact) mass is 545 g/mol. The lowest BCUT2D eigenvalue weighted by molar-refractivity contribution is 0.0990. The Bertz CT molecular complexity index is 1790. The van der Waals surface area contributed by atoms with E-state index in [1.54, 1.807) is 40.1 Å². The number of benzene rings is 3. The topological polar surface area (TPSA) is 37.4 Å². The number of nitrogens with zero attached hydrogens (tertiary/aromatic N) is 1. The molecule has 0 N–H and O–H groups in total. The maximum atomic E-state index is 13.2. The highest BCUT2D eigenvalue weighted by atomic mass is 32.1. The number of carbonyl (C=O) groups excluding carboxylic acids is 2. The number of Topliss-reactive ketones (excluding diaryl/α,β-unsaturated/α-hetero) is 2. The second-order valence-electron chi connectivity index (χ2n) is 8.95. The molecule has 0 fully saturated rings. The normalized spacial score (nSPS) is 12.8. The van der Waals surface area contributed by atoms with Crippen LogP contribution in [-0.4, -0.2) is 11.6 Å². The Balaban J connectivity index is 1.22. The van der Waals surface area contributed by atoms with Crippen molar-refractivity contribution in [3.8, 4) is 9.75 Å². The molecule has 0 spiro atoms. The molecule has 6 heteroatoms. The number of rotatable bonds is 5. The zero-order valence-corrected chi connectivity index (χ0v) is 22.4. The Morgan fingerprint density at radius 1 is 0.605 bits per heavy atom. The number of anilines is 3. The second kappa shape index (κ2) is 9.33. The standard InChI is InChI=1S/C32H19NO2S3/c34-31-24-18-21-5-1-2-6-22(21)19-25(24)32(35)26(31)17-20-9-11-23(12-10-20)33(29-8-4-16-37-29)30-14-13-28(38-30)27-7-3-15-36-27/h1-19H. The van der Waals surface area contributed by atoms with Gasteiger partial charge in [0.1, 0.15) is 10.0 Å². The van der Waals surface area contributed by atoms with E-state index in [2.05, 4.69) is 52.1 Å². The Morgan fingerprint density at radius 2 is 1.29 bits per heavy atom. The molecule has 7 rings (SSSR count). The zero-order valence-electron chi connectivity index (χ0n) is 20.0. The van der Waals surface area contributed by atoms with Gasteiger partial charge in [-0.25, -0.2) is 0 Å². The summed E-state index contributed by atoms with van der Waals surface area (Å²) in [6.45, 7) is 0. The van der Waals surface area contributed by atoms with Crippen molar-refractivity contribution in [3.63, 3.8) is 0 Å². The van der Waals surface area contributed by atoms with Gasteiger partial charge in [-0.05, 0) is 87.8 Å². The first-order chi connectivity index (χ1) is 18.7. The van der Waals surface area contributed by atoms with E-state index in [0.29, 0.717) is 11.1 Å². The quantitative estimate of drug-likeness (QED) is 0.160. The van der Waals surface area contributed by atoms with Gasteiger partial charge in [0, 0.05) is 26.6 Å². The fourth-order valence-electron chi connectivity index (χ4n) is 4.79. The van der Waals surface area contributed by atoms with E-state index in [9.17, 15) is 9.59 Å². The van der Waals surface area contributed by atoms with Gasteiger partial charge in [-0.15, -0.1) is 34.0 Å². The van der Waals surface area contributed by atoms with Crippen molar-refractivity contribution in [2.45, 2.75) is 0 Å². The van der Waals surface area contributed by atoms with Crippen molar-refractivity contribution in [1.29, 1.82) is 0 Å². The zero-order chi connectivity index (χ0) is 25.6. The molecular weight excluding hydrogens is 527 g/mol. The van der Waals surface area contributed by atoms with Crippen LogP contribution in [0.15, 0.2) is 113 Å². The molecule has 0 aliphatic heterocycles. The predicted octanol–water partition coefficient (Wildman–Crippen LogP) is 9.62. The molecule has 1 aliphatic rings. The van der Waals surface area contributed by atoms with E-state index in [0.717, 1.165) is 32.0 Å². The average Bonchev–Trinajstić information content (AvgIpc) is 3.76. The van der Waals surface area contributed by atoms with Gasteiger partial charge in [-0.2, -0.15) is 0 Å². The van der Waals surface area contributed by atoms with Crippen molar-refractivity contribution in [1.82, 2.24) is 0 Å².